The molecule has 3 N–H and O–H groups in total. The third-order valence-electron chi connectivity index (χ3n) is 15.9. The second-order valence-electron chi connectivity index (χ2n) is 20.7. The Morgan fingerprint density at radius 1 is 0.827 bits per heavy atom. The van der Waals surface area contributed by atoms with E-state index in [1.165, 1.54) is 24.3 Å². The van der Waals surface area contributed by atoms with Crippen molar-refractivity contribution in [3.05, 3.63) is 164 Å². The van der Waals surface area contributed by atoms with Crippen LogP contribution in [0.3, 0.4) is 0 Å². The molecular formula is C56H60N2O17. The molecule has 0 aromatic heterocycles. The highest BCUT2D eigenvalue weighted by atomic mass is 17.0. The summed E-state index contributed by atoms with van der Waals surface area (Å²) in [5.74, 6) is -5.98. The van der Waals surface area contributed by atoms with Crippen molar-refractivity contribution in [1.82, 2.24) is 5.32 Å². The fourth-order valence-electron chi connectivity index (χ4n) is 11.9. The normalized spacial score (nSPS) is 28.6. The summed E-state index contributed by atoms with van der Waals surface area (Å²) in [7, 11) is 0. The maximum atomic E-state index is 15.4. The van der Waals surface area contributed by atoms with E-state index in [9.17, 15) is 39.5 Å². The van der Waals surface area contributed by atoms with Gasteiger partial charge >= 0.3 is 24.1 Å². The van der Waals surface area contributed by atoms with Crippen molar-refractivity contribution in [1.29, 1.82) is 0 Å². The average molecular weight is 1030 g/mol. The highest BCUT2D eigenvalue weighted by Gasteiger charge is 2.75. The molecule has 3 aliphatic carbocycles. The van der Waals surface area contributed by atoms with Gasteiger partial charge in [-0.2, -0.15) is 0 Å². The van der Waals surface area contributed by atoms with Crippen LogP contribution in [0.1, 0.15) is 110 Å². The van der Waals surface area contributed by atoms with Gasteiger partial charge in [0, 0.05) is 41.1 Å². The Balaban J connectivity index is 1.18. The van der Waals surface area contributed by atoms with E-state index in [1.54, 1.807) is 126 Å². The topological polar surface area (TPSA) is 263 Å². The van der Waals surface area contributed by atoms with Crippen LogP contribution in [0.5, 0.6) is 0 Å². The second kappa shape index (κ2) is 21.0. The molecular weight excluding hydrogens is 973 g/mol. The fraction of sp³-hybridized carbons (Fsp3) is 0.429. The van der Waals surface area contributed by atoms with Crippen LogP contribution < -0.4 is 5.32 Å². The molecule has 2 bridgehead atoms. The van der Waals surface area contributed by atoms with E-state index in [0.29, 0.717) is 22.3 Å². The average Bonchev–Trinajstić information content (AvgIpc) is 3.39. The lowest BCUT2D eigenvalue weighted by Crippen LogP contribution is -2.77. The summed E-state index contributed by atoms with van der Waals surface area (Å²) in [6.45, 7) is 11.3. The van der Waals surface area contributed by atoms with Gasteiger partial charge in [-0.25, -0.2) is 19.2 Å². The Morgan fingerprint density at radius 2 is 1.41 bits per heavy atom. The van der Waals surface area contributed by atoms with Crippen LogP contribution in [-0.2, 0) is 49.5 Å². The van der Waals surface area contributed by atoms with E-state index in [-0.39, 0.29) is 42.1 Å². The van der Waals surface area contributed by atoms with Crippen molar-refractivity contribution < 1.29 is 77.3 Å². The van der Waals surface area contributed by atoms with Gasteiger partial charge in [0.2, 0.25) is 12.4 Å². The lowest BCUT2D eigenvalue weighted by Gasteiger charge is -2.68. The highest BCUT2D eigenvalue weighted by Crippen LogP contribution is 2.66. The Labute approximate surface area is 432 Å². The zero-order chi connectivity index (χ0) is 54.2. The number of hydrogen-bond acceptors (Lipinski definition) is 17. The number of ketones is 1. The Hall–Kier alpha value is -7.48. The number of nitrogens with zero attached hydrogens (tertiary/aromatic N) is 1. The minimum absolute atomic E-state index is 0.0810. The first-order valence-electron chi connectivity index (χ1n) is 24.6. The molecule has 4 aromatic carbocycles. The molecule has 19 heteroatoms. The number of ether oxygens (including phenoxy) is 6. The smallest absolute Gasteiger partial charge is 0.455 e. The first-order valence-corrected chi connectivity index (χ1v) is 24.6. The molecule has 4 aliphatic rings. The lowest BCUT2D eigenvalue weighted by atomic mass is 9.41. The molecule has 0 radical (unpaired) electrons. The molecule has 4 aromatic rings. The van der Waals surface area contributed by atoms with E-state index < -0.39 is 118 Å². The molecule has 8 rings (SSSR count). The Morgan fingerprint density at radius 3 is 2.00 bits per heavy atom. The number of esters is 3. The fourth-order valence-corrected chi connectivity index (χ4v) is 11.9. The standard InChI is InChI=1S/C56H60N2O17/c1-31-39(28-56(66)47(74-50(63)37-21-15-10-16-22-37)45-54(6)30-70-41(54)27-40(59)55(45,7)46(60)32(2)42(31)53(56,4)5)72-51(64)44(43(35-17-11-8-12-18-35)57-48(61)36-19-13-9-14-20-36)73-49(62)38-25-23-34(24-26-38)29-69-52(65)71-33(3)75-58(67)68/h8-26,32-33,39-41,43-45,47,59,66H,27-30H2,1-7H3,(H,57,61)/t32-,33?,39+,40+,41-,43+,44-,45?,47?,54-,55-,56-/m1/s1. The van der Waals surface area contributed by atoms with Gasteiger partial charge < -0.3 is 44.0 Å². The Bertz CT molecular complexity index is 2860. The van der Waals surface area contributed by atoms with Crippen molar-refractivity contribution in [2.24, 2.45) is 28.1 Å². The van der Waals surface area contributed by atoms with Crippen LogP contribution in [0, 0.1) is 38.2 Å². The van der Waals surface area contributed by atoms with Crippen molar-refractivity contribution in [2.75, 3.05) is 6.61 Å². The Kier molecular flexibility index (Phi) is 15.1. The van der Waals surface area contributed by atoms with Crippen LogP contribution in [0.4, 0.5) is 4.79 Å². The zero-order valence-electron chi connectivity index (χ0n) is 42.5. The van der Waals surface area contributed by atoms with Crippen LogP contribution in [0.2, 0.25) is 0 Å². The molecule has 1 aliphatic heterocycles. The van der Waals surface area contributed by atoms with Gasteiger partial charge in [0.05, 0.1) is 35.4 Å². The van der Waals surface area contributed by atoms with Crippen molar-refractivity contribution in [3.63, 3.8) is 0 Å². The minimum atomic E-state index is -2.13. The molecule has 396 valence electrons. The molecule has 1 saturated heterocycles. The molecule has 3 fully saturated rings. The monoisotopic (exact) mass is 1030 g/mol. The molecule has 1 heterocycles. The van der Waals surface area contributed by atoms with E-state index in [0.717, 1.165) is 6.92 Å². The number of nitrogens with one attached hydrogen (secondary N) is 1. The van der Waals surface area contributed by atoms with Gasteiger partial charge in [-0.3, -0.25) is 14.4 Å². The van der Waals surface area contributed by atoms with E-state index in [2.05, 4.69) is 14.9 Å². The van der Waals surface area contributed by atoms with E-state index >= 15 is 9.59 Å². The molecule has 12 atom stereocenters. The number of aliphatic hydroxyl groups excluding tert-OH is 1. The number of aliphatic hydroxyl groups is 2. The molecule has 3 unspecified atom stereocenters. The van der Waals surface area contributed by atoms with Crippen LogP contribution >= 0.6 is 0 Å². The summed E-state index contributed by atoms with van der Waals surface area (Å²) < 4.78 is 34.9. The third kappa shape index (κ3) is 10.1. The second-order valence-corrected chi connectivity index (χ2v) is 20.7. The minimum Gasteiger partial charge on any atom is -0.455 e. The van der Waals surface area contributed by atoms with Gasteiger partial charge in [0.25, 0.3) is 11.0 Å². The van der Waals surface area contributed by atoms with Crippen LogP contribution in [-0.4, -0.2) is 100 Å². The van der Waals surface area contributed by atoms with Crippen molar-refractivity contribution >= 4 is 35.8 Å². The summed E-state index contributed by atoms with van der Waals surface area (Å²) in [4.78, 5) is 100. The van der Waals surface area contributed by atoms with Gasteiger partial charge in [-0.1, -0.05) is 107 Å². The number of Topliss-reactive ketones (excluding diaryl/α,β-unsaturated/α-hetero) is 1. The molecule has 2 saturated carbocycles. The summed E-state index contributed by atoms with van der Waals surface area (Å²) in [5.41, 5.74) is -4.15. The summed E-state index contributed by atoms with van der Waals surface area (Å²) >= 11 is 0. The quantitative estimate of drug-likeness (QED) is 0.0265. The number of benzene rings is 4. The number of rotatable bonds is 15. The summed E-state index contributed by atoms with van der Waals surface area (Å²) in [6.07, 6.45) is -9.70. The molecule has 19 nitrogen and oxygen atoms in total. The predicted molar refractivity (Wildman–Crippen MR) is 263 cm³/mol. The van der Waals surface area contributed by atoms with Crippen LogP contribution in [0.25, 0.3) is 0 Å². The van der Waals surface area contributed by atoms with Crippen LogP contribution in [0.15, 0.2) is 126 Å². The summed E-state index contributed by atoms with van der Waals surface area (Å²) in [5, 5.41) is 38.2. The highest BCUT2D eigenvalue weighted by molar-refractivity contribution is 5.96. The van der Waals surface area contributed by atoms with Crippen molar-refractivity contribution in [3.8, 4) is 0 Å². The predicted octanol–water partition coefficient (Wildman–Crippen LogP) is 7.22. The largest absolute Gasteiger partial charge is 0.510 e. The van der Waals surface area contributed by atoms with E-state index in [4.69, 9.17) is 23.7 Å². The maximum Gasteiger partial charge on any atom is 0.510 e. The number of fused-ring (bicyclic) bond motifs is 5. The van der Waals surface area contributed by atoms with Crippen molar-refractivity contribution in [2.45, 2.75) is 116 Å². The third-order valence-corrected chi connectivity index (χ3v) is 15.9. The molecule has 75 heavy (non-hydrogen) atoms. The summed E-state index contributed by atoms with van der Waals surface area (Å²) in [6, 6.07) is 28.7. The van der Waals surface area contributed by atoms with Gasteiger partial charge in [-0.05, 0) is 79.4 Å². The SMILES string of the molecule is CC1=C2[C@@H](C)C(=O)[C@@]3(C)C(C(OC(=O)c4ccccc4)[C@](O)(C[C@@H]1OC(=O)[C@H](OC(=O)c1ccc(COC(=O)OC(C)O[N+](=O)[O-])cc1)[C@@H](NC(=O)c1ccccc1)c1ccccc1)C2(C)C)[C@]1(C)CO[C@@H]1C[C@@H]3O. The first-order chi connectivity index (χ1) is 35.5. The first kappa shape index (κ1) is 53.8. The maximum absolute atomic E-state index is 15.4. The number of carbonyl (C=O) groups excluding carboxylic acids is 6. The lowest BCUT2D eigenvalue weighted by molar-refractivity contribution is -0.777. The van der Waals surface area contributed by atoms with E-state index in [1.807, 2.05) is 6.92 Å². The molecule has 0 spiro atoms. The number of amides is 1. The zero-order valence-corrected chi connectivity index (χ0v) is 42.5. The number of carbonyl (C=O) groups is 6. The van der Waals surface area contributed by atoms with Gasteiger partial charge in [-0.15, -0.1) is 10.1 Å². The molecule has 1 amide bonds. The van der Waals surface area contributed by atoms with Gasteiger partial charge in [0.15, 0.2) is 0 Å². The van der Waals surface area contributed by atoms with Gasteiger partial charge in [0.1, 0.15) is 36.2 Å². The number of hydrogen-bond donors (Lipinski definition) is 3.